The van der Waals surface area contributed by atoms with E-state index in [0.717, 1.165) is 32.7 Å². The number of aromatic nitrogens is 2. The zero-order valence-corrected chi connectivity index (χ0v) is 17.3. The summed E-state index contributed by atoms with van der Waals surface area (Å²) in [7, 11) is 0. The first-order chi connectivity index (χ1) is 14.7. The Morgan fingerprint density at radius 1 is 0.967 bits per heavy atom. The molecule has 30 heavy (non-hydrogen) atoms. The lowest BCUT2D eigenvalue weighted by molar-refractivity contribution is 0.0942. The molecule has 0 aliphatic carbocycles. The first-order valence-corrected chi connectivity index (χ1v) is 10.5. The van der Waals surface area contributed by atoms with E-state index in [1.165, 1.54) is 10.4 Å². The van der Waals surface area contributed by atoms with E-state index in [2.05, 4.69) is 44.5 Å². The predicted octanol–water partition coefficient (Wildman–Crippen LogP) is 1.97. The molecule has 156 valence electrons. The van der Waals surface area contributed by atoms with Crippen LogP contribution in [0.2, 0.25) is 0 Å². The lowest BCUT2D eigenvalue weighted by Crippen LogP contribution is -2.48. The molecule has 1 N–H and O–H groups in total. The zero-order valence-electron chi connectivity index (χ0n) is 17.3. The minimum atomic E-state index is -0.240. The average molecular weight is 406 g/mol. The number of carbonyl (C=O) groups is 1. The molecule has 1 fully saturated rings. The average Bonchev–Trinajstić information content (AvgIpc) is 2.80. The molecule has 2 heterocycles. The van der Waals surface area contributed by atoms with Crippen molar-refractivity contribution in [1.29, 1.82) is 0 Å². The monoisotopic (exact) mass is 405 g/mol. The molecule has 1 amide bonds. The van der Waals surface area contributed by atoms with Crippen LogP contribution in [0, 0.1) is 0 Å². The fourth-order valence-electron chi connectivity index (χ4n) is 3.90. The molecule has 0 radical (unpaired) electrons. The highest BCUT2D eigenvalue weighted by Gasteiger charge is 2.19. The summed E-state index contributed by atoms with van der Waals surface area (Å²) in [6.07, 6.45) is 0. The van der Waals surface area contributed by atoms with Crippen LogP contribution in [0.5, 0.6) is 0 Å². The summed E-state index contributed by atoms with van der Waals surface area (Å²) in [6.45, 7) is 7.50. The molecular weight excluding hydrogens is 378 g/mol. The number of rotatable bonds is 6. The Labute approximate surface area is 175 Å². The van der Waals surface area contributed by atoms with Crippen molar-refractivity contribution in [3.63, 3.8) is 0 Å². The Kier molecular flexibility index (Phi) is 6.09. The van der Waals surface area contributed by atoms with Gasteiger partial charge in [0.15, 0.2) is 5.69 Å². The molecule has 0 unspecified atom stereocenters. The van der Waals surface area contributed by atoms with Crippen LogP contribution < -0.4 is 15.8 Å². The molecule has 1 aliphatic rings. The Morgan fingerprint density at radius 2 is 1.63 bits per heavy atom. The van der Waals surface area contributed by atoms with E-state index in [0.29, 0.717) is 29.6 Å². The third-order valence-electron chi connectivity index (χ3n) is 5.59. The minimum absolute atomic E-state index is 0.166. The van der Waals surface area contributed by atoms with Crippen molar-refractivity contribution in [3.05, 3.63) is 70.6 Å². The van der Waals surface area contributed by atoms with Gasteiger partial charge in [-0.2, -0.15) is 5.10 Å². The van der Waals surface area contributed by atoms with Gasteiger partial charge in [-0.05, 0) is 25.1 Å². The van der Waals surface area contributed by atoms with Crippen LogP contribution in [0.4, 0.5) is 5.69 Å². The third-order valence-corrected chi connectivity index (χ3v) is 5.59. The number of carbonyl (C=O) groups excluding carboxylic acids is 1. The van der Waals surface area contributed by atoms with Crippen LogP contribution in [-0.4, -0.2) is 59.9 Å². The molecule has 0 atom stereocenters. The summed E-state index contributed by atoms with van der Waals surface area (Å²) < 4.78 is 1.35. The van der Waals surface area contributed by atoms with E-state index >= 15 is 0 Å². The number of aryl methyl sites for hydroxylation is 1. The van der Waals surface area contributed by atoms with E-state index in [1.54, 1.807) is 18.2 Å². The van der Waals surface area contributed by atoms with Gasteiger partial charge in [-0.3, -0.25) is 14.5 Å². The van der Waals surface area contributed by atoms with Crippen molar-refractivity contribution < 1.29 is 4.79 Å². The van der Waals surface area contributed by atoms with Crippen LogP contribution in [-0.2, 0) is 6.54 Å². The molecule has 4 rings (SSSR count). The third kappa shape index (κ3) is 4.21. The summed E-state index contributed by atoms with van der Waals surface area (Å²) >= 11 is 0. The van der Waals surface area contributed by atoms with Crippen LogP contribution >= 0.6 is 0 Å². The van der Waals surface area contributed by atoms with E-state index in [1.807, 2.05) is 19.1 Å². The van der Waals surface area contributed by atoms with Crippen molar-refractivity contribution >= 4 is 22.4 Å². The van der Waals surface area contributed by atoms with Crippen molar-refractivity contribution in [1.82, 2.24) is 20.0 Å². The summed E-state index contributed by atoms with van der Waals surface area (Å²) in [5.41, 5.74) is 1.40. The molecule has 1 aromatic heterocycles. The lowest BCUT2D eigenvalue weighted by Gasteiger charge is -2.36. The molecule has 3 aromatic rings. The maximum Gasteiger partial charge on any atom is 0.274 e. The number of para-hydroxylation sites is 1. The first-order valence-electron chi connectivity index (χ1n) is 10.5. The van der Waals surface area contributed by atoms with Crippen molar-refractivity contribution in [2.24, 2.45) is 0 Å². The van der Waals surface area contributed by atoms with Gasteiger partial charge in [-0.15, -0.1) is 0 Å². The van der Waals surface area contributed by atoms with Crippen molar-refractivity contribution in [2.45, 2.75) is 13.5 Å². The molecule has 1 saturated heterocycles. The molecule has 0 spiro atoms. The SMILES string of the molecule is CCn1nc(C(=O)NCCN2CCN(c3ccccc3)CC2)c2ccccc2c1=O. The topological polar surface area (TPSA) is 70.5 Å². The van der Waals surface area contributed by atoms with Gasteiger partial charge >= 0.3 is 0 Å². The molecule has 0 saturated carbocycles. The largest absolute Gasteiger partial charge is 0.369 e. The predicted molar refractivity (Wildman–Crippen MR) is 119 cm³/mol. The van der Waals surface area contributed by atoms with Crippen molar-refractivity contribution in [3.8, 4) is 0 Å². The van der Waals surface area contributed by atoms with Gasteiger partial charge in [0, 0.05) is 56.9 Å². The maximum atomic E-state index is 12.8. The van der Waals surface area contributed by atoms with Gasteiger partial charge in [-0.1, -0.05) is 36.4 Å². The highest BCUT2D eigenvalue weighted by atomic mass is 16.2. The smallest absolute Gasteiger partial charge is 0.274 e. The Bertz CT molecular complexity index is 1070. The van der Waals surface area contributed by atoms with E-state index in [9.17, 15) is 9.59 Å². The fraction of sp³-hybridized carbons (Fsp3) is 0.348. The lowest BCUT2D eigenvalue weighted by atomic mass is 10.1. The van der Waals surface area contributed by atoms with Gasteiger partial charge in [0.25, 0.3) is 11.5 Å². The number of hydrogen-bond acceptors (Lipinski definition) is 5. The Morgan fingerprint density at radius 3 is 2.33 bits per heavy atom. The summed E-state index contributed by atoms with van der Waals surface area (Å²) in [4.78, 5) is 30.0. The second kappa shape index (κ2) is 9.09. The van der Waals surface area contributed by atoms with Crippen LogP contribution in [0.1, 0.15) is 17.4 Å². The Balaban J connectivity index is 1.35. The molecule has 7 heteroatoms. The normalized spacial score (nSPS) is 14.8. The second-order valence-electron chi connectivity index (χ2n) is 7.44. The highest BCUT2D eigenvalue weighted by molar-refractivity contribution is 6.04. The fourth-order valence-corrected chi connectivity index (χ4v) is 3.90. The first kappa shape index (κ1) is 20.1. The highest BCUT2D eigenvalue weighted by Crippen LogP contribution is 2.15. The number of hydrogen-bond donors (Lipinski definition) is 1. The molecule has 0 bridgehead atoms. The summed E-state index contributed by atoms with van der Waals surface area (Å²) in [6, 6.07) is 17.6. The summed E-state index contributed by atoms with van der Waals surface area (Å²) in [5.74, 6) is -0.240. The number of nitrogens with zero attached hydrogens (tertiary/aromatic N) is 4. The maximum absolute atomic E-state index is 12.8. The van der Waals surface area contributed by atoms with Gasteiger partial charge in [-0.25, -0.2) is 4.68 Å². The van der Waals surface area contributed by atoms with E-state index < -0.39 is 0 Å². The van der Waals surface area contributed by atoms with Crippen LogP contribution in [0.3, 0.4) is 0 Å². The number of anilines is 1. The van der Waals surface area contributed by atoms with Crippen molar-refractivity contribution in [2.75, 3.05) is 44.2 Å². The number of amides is 1. The number of piperazine rings is 1. The van der Waals surface area contributed by atoms with Gasteiger partial charge in [0.05, 0.1) is 5.39 Å². The Hall–Kier alpha value is -3.19. The minimum Gasteiger partial charge on any atom is -0.369 e. The standard InChI is InChI=1S/C23H27N5O2/c1-2-28-23(30)20-11-7-6-10-19(20)21(25-28)22(29)24-12-13-26-14-16-27(17-15-26)18-8-4-3-5-9-18/h3-11H,2,12-17H2,1H3,(H,24,29). The van der Waals surface area contributed by atoms with E-state index in [4.69, 9.17) is 0 Å². The van der Waals surface area contributed by atoms with E-state index in [-0.39, 0.29) is 11.5 Å². The van der Waals surface area contributed by atoms with Crippen LogP contribution in [0.25, 0.3) is 10.8 Å². The summed E-state index contributed by atoms with van der Waals surface area (Å²) in [5, 5.41) is 8.40. The molecule has 7 nitrogen and oxygen atoms in total. The van der Waals surface area contributed by atoms with Crippen LogP contribution in [0.15, 0.2) is 59.4 Å². The number of benzene rings is 2. The molecule has 2 aromatic carbocycles. The molecule has 1 aliphatic heterocycles. The molecular formula is C23H27N5O2. The number of nitrogens with one attached hydrogen (secondary N) is 1. The van der Waals surface area contributed by atoms with Gasteiger partial charge in [0.2, 0.25) is 0 Å². The zero-order chi connectivity index (χ0) is 20.9. The van der Waals surface area contributed by atoms with Gasteiger partial charge in [0.1, 0.15) is 0 Å². The number of fused-ring (bicyclic) bond motifs is 1. The van der Waals surface area contributed by atoms with Gasteiger partial charge < -0.3 is 10.2 Å². The quantitative estimate of drug-likeness (QED) is 0.679. The second-order valence-corrected chi connectivity index (χ2v) is 7.44.